The Morgan fingerprint density at radius 3 is 2.16 bits per heavy atom. The molecule has 4 nitrogen and oxygen atoms in total. The number of rotatable bonds is 4. The van der Waals surface area contributed by atoms with Gasteiger partial charge in [-0.2, -0.15) is 0 Å². The number of benzene rings is 1. The van der Waals surface area contributed by atoms with Crippen LogP contribution in [-0.2, 0) is 0 Å². The van der Waals surface area contributed by atoms with E-state index in [1.165, 1.54) is 0 Å². The molecule has 0 unspecified atom stereocenters. The van der Waals surface area contributed by atoms with Crippen LogP contribution in [-0.4, -0.2) is 24.4 Å². The maximum absolute atomic E-state index is 12.0. The molecule has 0 saturated heterocycles. The Labute approximate surface area is 145 Å². The van der Waals surface area contributed by atoms with E-state index in [1.807, 2.05) is 42.5 Å². The fraction of sp³-hybridized carbons (Fsp3) is 0.143. The number of aryl methyl sites for hydroxylation is 1. The number of carbonyl (C=O) groups excluding carboxylic acids is 1. The molecule has 1 aromatic carbocycles. The molecular formula is C21H18NO3. The first-order valence-corrected chi connectivity index (χ1v) is 8.01. The maximum Gasteiger partial charge on any atom is 0.165 e. The monoisotopic (exact) mass is 332 g/mol. The second-order valence-electron chi connectivity index (χ2n) is 6.10. The Kier molecular flexibility index (Phi) is 3.42. The number of pyridine rings is 1. The van der Waals surface area contributed by atoms with Crippen LogP contribution in [0.5, 0.6) is 11.5 Å². The summed E-state index contributed by atoms with van der Waals surface area (Å²) >= 11 is 0. The number of methoxy groups -OCH3 is 2. The highest BCUT2D eigenvalue weighted by molar-refractivity contribution is 6.10. The van der Waals surface area contributed by atoms with Crippen molar-refractivity contribution in [1.82, 2.24) is 4.40 Å². The highest BCUT2D eigenvalue weighted by atomic mass is 16.5. The number of ketones is 1. The number of ether oxygens (including phenoxy) is 2. The van der Waals surface area contributed by atoms with Gasteiger partial charge in [0.2, 0.25) is 0 Å². The minimum Gasteiger partial charge on any atom is -0.497 e. The minimum absolute atomic E-state index is 0.198. The van der Waals surface area contributed by atoms with E-state index >= 15 is 0 Å². The van der Waals surface area contributed by atoms with Crippen LogP contribution < -0.4 is 9.47 Å². The number of hydrogen-bond acceptors (Lipinski definition) is 3. The van der Waals surface area contributed by atoms with E-state index < -0.39 is 0 Å². The van der Waals surface area contributed by atoms with Gasteiger partial charge in [0.25, 0.3) is 0 Å². The molecule has 125 valence electrons. The zero-order valence-electron chi connectivity index (χ0n) is 14.4. The molecule has 0 N–H and O–H groups in total. The average Bonchev–Trinajstić information content (AvgIpc) is 3.13. The van der Waals surface area contributed by atoms with E-state index in [-0.39, 0.29) is 5.78 Å². The number of Topliss-reactive ketones (excluding diaryl/α,β-unsaturated/α-hetero) is 1. The molecule has 0 saturated carbocycles. The zero-order valence-corrected chi connectivity index (χ0v) is 14.4. The Bertz CT molecular complexity index is 1090. The van der Waals surface area contributed by atoms with E-state index in [2.05, 4.69) is 18.2 Å². The summed E-state index contributed by atoms with van der Waals surface area (Å²) in [6.07, 6.45) is 0. The summed E-state index contributed by atoms with van der Waals surface area (Å²) in [7, 11) is 3.28. The summed E-state index contributed by atoms with van der Waals surface area (Å²) in [4.78, 5) is 12.0. The van der Waals surface area contributed by atoms with Gasteiger partial charge in [-0.15, -0.1) is 0 Å². The lowest BCUT2D eigenvalue weighted by Crippen LogP contribution is -1.94. The molecule has 0 aliphatic carbocycles. The van der Waals surface area contributed by atoms with Crippen molar-refractivity contribution in [3.63, 3.8) is 0 Å². The van der Waals surface area contributed by atoms with Crippen LogP contribution in [0.15, 0.2) is 42.5 Å². The van der Waals surface area contributed by atoms with Gasteiger partial charge in [0.1, 0.15) is 11.5 Å². The first-order chi connectivity index (χ1) is 12.0. The fourth-order valence-electron chi connectivity index (χ4n) is 3.55. The molecule has 0 bridgehead atoms. The summed E-state index contributed by atoms with van der Waals surface area (Å²) in [5.74, 6) is 1.34. The zero-order chi connectivity index (χ0) is 17.7. The third-order valence-corrected chi connectivity index (χ3v) is 4.77. The first-order valence-electron chi connectivity index (χ1n) is 8.01. The van der Waals surface area contributed by atoms with E-state index in [0.717, 1.165) is 44.7 Å². The maximum atomic E-state index is 12.0. The van der Waals surface area contributed by atoms with Gasteiger partial charge < -0.3 is 13.9 Å². The van der Waals surface area contributed by atoms with E-state index in [9.17, 15) is 4.79 Å². The molecule has 0 aliphatic heterocycles. The van der Waals surface area contributed by atoms with Crippen molar-refractivity contribution in [1.29, 1.82) is 0 Å². The van der Waals surface area contributed by atoms with E-state index in [1.54, 1.807) is 14.2 Å². The predicted molar refractivity (Wildman–Crippen MR) is 99.1 cm³/mol. The highest BCUT2D eigenvalue weighted by Crippen LogP contribution is 2.40. The van der Waals surface area contributed by atoms with Gasteiger partial charge in [0.05, 0.1) is 30.8 Å². The Balaban J connectivity index is 2.09. The molecule has 0 fully saturated rings. The lowest BCUT2D eigenvalue weighted by Gasteiger charge is -2.05. The van der Waals surface area contributed by atoms with Crippen molar-refractivity contribution in [3.05, 3.63) is 60.5 Å². The van der Waals surface area contributed by atoms with Crippen LogP contribution in [0.4, 0.5) is 0 Å². The van der Waals surface area contributed by atoms with Crippen LogP contribution in [0.25, 0.3) is 27.7 Å². The molecule has 3 heterocycles. The van der Waals surface area contributed by atoms with Gasteiger partial charge in [0, 0.05) is 30.2 Å². The van der Waals surface area contributed by atoms with Gasteiger partial charge in [-0.25, -0.2) is 0 Å². The van der Waals surface area contributed by atoms with E-state index in [4.69, 9.17) is 9.47 Å². The molecule has 3 aromatic heterocycles. The topological polar surface area (TPSA) is 39.9 Å². The van der Waals surface area contributed by atoms with Crippen LogP contribution in [0.3, 0.4) is 0 Å². The van der Waals surface area contributed by atoms with Crippen molar-refractivity contribution in [2.45, 2.75) is 6.92 Å². The van der Waals surface area contributed by atoms with Gasteiger partial charge in [0.15, 0.2) is 5.78 Å². The number of aromatic nitrogens is 1. The highest BCUT2D eigenvalue weighted by Gasteiger charge is 2.21. The quantitative estimate of drug-likeness (QED) is 0.515. The Morgan fingerprint density at radius 1 is 0.920 bits per heavy atom. The third kappa shape index (κ3) is 2.18. The molecule has 4 rings (SSSR count). The van der Waals surface area contributed by atoms with Gasteiger partial charge >= 0.3 is 0 Å². The normalized spacial score (nSPS) is 11.4. The molecule has 0 atom stereocenters. The summed E-state index contributed by atoms with van der Waals surface area (Å²) in [6, 6.07) is 13.8. The van der Waals surface area contributed by atoms with Crippen LogP contribution >= 0.6 is 0 Å². The summed E-state index contributed by atoms with van der Waals surface area (Å²) in [6.45, 7) is 5.69. The summed E-state index contributed by atoms with van der Waals surface area (Å²) in [5, 5.41) is 0. The lowest BCUT2D eigenvalue weighted by molar-refractivity contribution is 0.104. The Hall–Kier alpha value is -3.01. The molecule has 4 heteroatoms. The van der Waals surface area contributed by atoms with Crippen LogP contribution in [0.1, 0.15) is 15.9 Å². The molecule has 25 heavy (non-hydrogen) atoms. The van der Waals surface area contributed by atoms with Crippen molar-refractivity contribution in [3.8, 4) is 22.6 Å². The average molecular weight is 332 g/mol. The minimum atomic E-state index is -0.198. The first kappa shape index (κ1) is 15.5. The molecule has 0 amide bonds. The van der Waals surface area contributed by atoms with E-state index in [0.29, 0.717) is 5.56 Å². The van der Waals surface area contributed by atoms with Crippen LogP contribution in [0, 0.1) is 13.8 Å². The van der Waals surface area contributed by atoms with Crippen molar-refractivity contribution in [2.75, 3.05) is 14.2 Å². The molecule has 0 aliphatic rings. The van der Waals surface area contributed by atoms with Crippen molar-refractivity contribution >= 4 is 22.3 Å². The largest absolute Gasteiger partial charge is 0.497 e. The Morgan fingerprint density at radius 2 is 1.56 bits per heavy atom. The molecule has 0 spiro atoms. The number of nitrogens with zero attached hydrogens (tertiary/aromatic N) is 1. The van der Waals surface area contributed by atoms with Gasteiger partial charge in [-0.05, 0) is 36.2 Å². The van der Waals surface area contributed by atoms with Gasteiger partial charge in [-0.3, -0.25) is 4.79 Å². The van der Waals surface area contributed by atoms with Crippen molar-refractivity contribution in [2.24, 2.45) is 0 Å². The molecule has 1 radical (unpaired) electrons. The SMILES string of the molecule is [CH2]C(=O)c1cc2c(-c3ccc(OC)cc3)c(C)c3cc(OC)cc1n32. The second-order valence-corrected chi connectivity index (χ2v) is 6.10. The van der Waals surface area contributed by atoms with Gasteiger partial charge in [-0.1, -0.05) is 12.1 Å². The standard InChI is InChI=1S/C21H18NO3/c1-12-18-9-16(25-4)10-19-17(13(2)23)11-20(22(18)19)21(12)14-5-7-15(24-3)8-6-14/h5-11H,2H2,1,3-4H3. The number of hydrogen-bond donors (Lipinski definition) is 0. The fourth-order valence-corrected chi connectivity index (χ4v) is 3.55. The summed E-state index contributed by atoms with van der Waals surface area (Å²) < 4.78 is 12.8. The third-order valence-electron chi connectivity index (χ3n) is 4.77. The molecule has 4 aromatic rings. The smallest absolute Gasteiger partial charge is 0.165 e. The summed E-state index contributed by atoms with van der Waals surface area (Å²) in [5.41, 5.74) is 6.79. The number of carbonyl (C=O) groups is 1. The second kappa shape index (κ2) is 5.52. The predicted octanol–water partition coefficient (Wildman–Crippen LogP) is 4.54. The lowest BCUT2D eigenvalue weighted by atomic mass is 10.0. The van der Waals surface area contributed by atoms with Crippen LogP contribution in [0.2, 0.25) is 0 Å². The molecular weight excluding hydrogens is 314 g/mol. The van der Waals surface area contributed by atoms with Crippen molar-refractivity contribution < 1.29 is 14.3 Å².